The fourth-order valence-electron chi connectivity index (χ4n) is 1.88. The van der Waals surface area contributed by atoms with Crippen LogP contribution in [0, 0.1) is 5.92 Å². The zero-order chi connectivity index (χ0) is 10.6. The van der Waals surface area contributed by atoms with E-state index in [1.165, 1.54) is 5.57 Å². The smallest absolute Gasteiger partial charge is 0.221 e. The number of nitrogens with zero attached hydrogens (tertiary/aromatic N) is 1. The molecule has 0 aliphatic carbocycles. The highest BCUT2D eigenvalue weighted by Crippen LogP contribution is 2.16. The Labute approximate surface area is 86.0 Å². The minimum atomic E-state index is -0.146. The molecule has 0 aromatic rings. The van der Waals surface area contributed by atoms with E-state index in [2.05, 4.69) is 17.9 Å². The van der Waals surface area contributed by atoms with Crippen LogP contribution in [0.15, 0.2) is 11.6 Å². The first-order valence-electron chi connectivity index (χ1n) is 5.27. The van der Waals surface area contributed by atoms with Gasteiger partial charge < -0.3 is 5.73 Å². The molecular weight excluding hydrogens is 176 g/mol. The lowest BCUT2D eigenvalue weighted by Gasteiger charge is -2.31. The molecule has 1 heterocycles. The van der Waals surface area contributed by atoms with Crippen molar-refractivity contribution >= 4 is 5.91 Å². The van der Waals surface area contributed by atoms with Crippen molar-refractivity contribution in [3.8, 4) is 0 Å². The van der Waals surface area contributed by atoms with Crippen molar-refractivity contribution in [2.75, 3.05) is 19.6 Å². The Balaban J connectivity index is 2.44. The second-order valence-electron chi connectivity index (χ2n) is 4.11. The van der Waals surface area contributed by atoms with Gasteiger partial charge in [-0.25, -0.2) is 0 Å². The lowest BCUT2D eigenvalue weighted by atomic mass is 9.97. The summed E-state index contributed by atoms with van der Waals surface area (Å²) in [4.78, 5) is 13.3. The number of allylic oxidation sites excluding steroid dienone is 1. The minimum absolute atomic E-state index is 0.0633. The van der Waals surface area contributed by atoms with Crippen LogP contribution < -0.4 is 5.73 Å². The highest BCUT2D eigenvalue weighted by Gasteiger charge is 2.23. The third-order valence-electron chi connectivity index (χ3n) is 2.87. The predicted molar refractivity (Wildman–Crippen MR) is 57.8 cm³/mol. The van der Waals surface area contributed by atoms with Gasteiger partial charge in [0.15, 0.2) is 0 Å². The number of carbonyl (C=O) groups excluding carboxylic acids is 1. The molecular formula is C11H20N2O. The molecule has 0 spiro atoms. The van der Waals surface area contributed by atoms with Crippen LogP contribution in [0.5, 0.6) is 0 Å². The zero-order valence-corrected chi connectivity index (χ0v) is 9.12. The van der Waals surface area contributed by atoms with Crippen molar-refractivity contribution in [3.05, 3.63) is 11.6 Å². The van der Waals surface area contributed by atoms with Crippen LogP contribution in [0.1, 0.15) is 26.7 Å². The number of hydrogen-bond donors (Lipinski definition) is 1. The van der Waals surface area contributed by atoms with Gasteiger partial charge in [-0.2, -0.15) is 0 Å². The summed E-state index contributed by atoms with van der Waals surface area (Å²) in [6.45, 7) is 7.06. The molecule has 1 fully saturated rings. The molecule has 14 heavy (non-hydrogen) atoms. The van der Waals surface area contributed by atoms with Crippen LogP contribution >= 0.6 is 0 Å². The predicted octanol–water partition coefficient (Wildman–Crippen LogP) is 1.15. The van der Waals surface area contributed by atoms with Gasteiger partial charge in [0.25, 0.3) is 0 Å². The number of primary amides is 1. The molecule has 1 atom stereocenters. The average molecular weight is 196 g/mol. The summed E-state index contributed by atoms with van der Waals surface area (Å²) in [6.07, 6.45) is 4.17. The highest BCUT2D eigenvalue weighted by atomic mass is 16.1. The average Bonchev–Trinajstić information content (AvgIpc) is 2.18. The number of rotatable bonds is 3. The van der Waals surface area contributed by atoms with E-state index in [1.54, 1.807) is 0 Å². The fourth-order valence-corrected chi connectivity index (χ4v) is 1.88. The Morgan fingerprint density at radius 1 is 1.64 bits per heavy atom. The summed E-state index contributed by atoms with van der Waals surface area (Å²) < 4.78 is 0. The quantitative estimate of drug-likeness (QED) is 0.688. The fraction of sp³-hybridized carbons (Fsp3) is 0.727. The van der Waals surface area contributed by atoms with Crippen molar-refractivity contribution in [2.45, 2.75) is 26.7 Å². The van der Waals surface area contributed by atoms with Gasteiger partial charge in [0.1, 0.15) is 0 Å². The molecule has 0 bridgehead atoms. The molecule has 1 rings (SSSR count). The molecule has 0 unspecified atom stereocenters. The summed E-state index contributed by atoms with van der Waals surface area (Å²) in [6, 6.07) is 0. The molecule has 1 saturated heterocycles. The standard InChI is InChI=1S/C11H20N2O/c1-3-9(2)7-13-6-4-5-10(8-13)11(12)14/h3,10H,4-8H2,1-2H3,(H2,12,14)/b9-3+/t10-/m1/s1. The molecule has 2 N–H and O–H groups in total. The maximum atomic E-state index is 11.0. The molecule has 1 aliphatic rings. The summed E-state index contributed by atoms with van der Waals surface area (Å²) >= 11 is 0. The second-order valence-corrected chi connectivity index (χ2v) is 4.11. The van der Waals surface area contributed by atoms with Crippen LogP contribution in [0.4, 0.5) is 0 Å². The maximum absolute atomic E-state index is 11.0. The van der Waals surface area contributed by atoms with E-state index in [9.17, 15) is 4.79 Å². The molecule has 1 amide bonds. The van der Waals surface area contributed by atoms with Gasteiger partial charge in [-0.1, -0.05) is 11.6 Å². The van der Waals surface area contributed by atoms with Gasteiger partial charge in [-0.05, 0) is 33.2 Å². The molecule has 0 aromatic heterocycles. The van der Waals surface area contributed by atoms with Gasteiger partial charge in [0.05, 0.1) is 5.92 Å². The van der Waals surface area contributed by atoms with Crippen LogP contribution in [-0.2, 0) is 4.79 Å². The molecule has 0 saturated carbocycles. The number of piperidine rings is 1. The summed E-state index contributed by atoms with van der Waals surface area (Å²) in [5.41, 5.74) is 6.67. The Kier molecular flexibility index (Phi) is 4.14. The second kappa shape index (κ2) is 5.15. The van der Waals surface area contributed by atoms with Crippen molar-refractivity contribution in [1.82, 2.24) is 4.90 Å². The lowest BCUT2D eigenvalue weighted by molar-refractivity contribution is -0.123. The van der Waals surface area contributed by atoms with E-state index in [0.29, 0.717) is 0 Å². The number of likely N-dealkylation sites (tertiary alicyclic amines) is 1. The summed E-state index contributed by atoms with van der Waals surface area (Å²) in [5, 5.41) is 0. The summed E-state index contributed by atoms with van der Waals surface area (Å²) in [7, 11) is 0. The molecule has 3 nitrogen and oxygen atoms in total. The Morgan fingerprint density at radius 2 is 2.36 bits per heavy atom. The Hall–Kier alpha value is -0.830. The maximum Gasteiger partial charge on any atom is 0.221 e. The van der Waals surface area contributed by atoms with Crippen LogP contribution in [-0.4, -0.2) is 30.4 Å². The number of hydrogen-bond acceptors (Lipinski definition) is 2. The van der Waals surface area contributed by atoms with Gasteiger partial charge >= 0.3 is 0 Å². The van der Waals surface area contributed by atoms with Crippen LogP contribution in [0.3, 0.4) is 0 Å². The van der Waals surface area contributed by atoms with E-state index in [1.807, 2.05) is 6.92 Å². The number of carbonyl (C=O) groups is 1. The van der Waals surface area contributed by atoms with Gasteiger partial charge in [0.2, 0.25) is 5.91 Å². The van der Waals surface area contributed by atoms with E-state index in [0.717, 1.165) is 32.5 Å². The summed E-state index contributed by atoms with van der Waals surface area (Å²) in [5.74, 6) is -0.0822. The number of amides is 1. The van der Waals surface area contributed by atoms with E-state index >= 15 is 0 Å². The first-order valence-corrected chi connectivity index (χ1v) is 5.27. The SMILES string of the molecule is C/C=C(\C)CN1CCC[C@@H](C(N)=O)C1. The highest BCUT2D eigenvalue weighted by molar-refractivity contribution is 5.76. The van der Waals surface area contributed by atoms with E-state index in [4.69, 9.17) is 5.73 Å². The Morgan fingerprint density at radius 3 is 2.93 bits per heavy atom. The van der Waals surface area contributed by atoms with E-state index < -0.39 is 0 Å². The van der Waals surface area contributed by atoms with Crippen LogP contribution in [0.2, 0.25) is 0 Å². The largest absolute Gasteiger partial charge is 0.369 e. The third kappa shape index (κ3) is 3.14. The monoisotopic (exact) mass is 196 g/mol. The van der Waals surface area contributed by atoms with Crippen molar-refractivity contribution in [2.24, 2.45) is 11.7 Å². The first kappa shape index (κ1) is 11.2. The van der Waals surface area contributed by atoms with Crippen molar-refractivity contribution in [1.29, 1.82) is 0 Å². The van der Waals surface area contributed by atoms with Crippen molar-refractivity contribution in [3.63, 3.8) is 0 Å². The lowest BCUT2D eigenvalue weighted by Crippen LogP contribution is -2.41. The molecule has 80 valence electrons. The third-order valence-corrected chi connectivity index (χ3v) is 2.87. The van der Waals surface area contributed by atoms with Gasteiger partial charge in [-0.15, -0.1) is 0 Å². The first-order chi connectivity index (χ1) is 6.63. The molecule has 0 radical (unpaired) electrons. The molecule has 0 aromatic carbocycles. The minimum Gasteiger partial charge on any atom is -0.369 e. The van der Waals surface area contributed by atoms with E-state index in [-0.39, 0.29) is 11.8 Å². The number of nitrogens with two attached hydrogens (primary N) is 1. The normalized spacial score (nSPS) is 25.0. The zero-order valence-electron chi connectivity index (χ0n) is 9.12. The van der Waals surface area contributed by atoms with Crippen molar-refractivity contribution < 1.29 is 4.79 Å². The topological polar surface area (TPSA) is 46.3 Å². The molecule has 3 heteroatoms. The van der Waals surface area contributed by atoms with Gasteiger partial charge in [0, 0.05) is 13.1 Å². The van der Waals surface area contributed by atoms with Gasteiger partial charge in [-0.3, -0.25) is 9.69 Å². The Bertz CT molecular complexity index is 235. The van der Waals surface area contributed by atoms with Crippen LogP contribution in [0.25, 0.3) is 0 Å². The molecule has 1 aliphatic heterocycles.